The molecule has 24 heavy (non-hydrogen) atoms. The van der Waals surface area contributed by atoms with Gasteiger partial charge in [-0.2, -0.15) is 0 Å². The molecule has 0 atom stereocenters. The fourth-order valence-electron chi connectivity index (χ4n) is 3.27. The Bertz CT molecular complexity index is 445. The molecule has 0 radical (unpaired) electrons. The van der Waals surface area contributed by atoms with E-state index in [0.29, 0.717) is 0 Å². The van der Waals surface area contributed by atoms with E-state index in [4.69, 9.17) is 8.85 Å². The van der Waals surface area contributed by atoms with Gasteiger partial charge in [-0.25, -0.2) is 0 Å². The third-order valence-corrected chi connectivity index (χ3v) is 13.6. The van der Waals surface area contributed by atoms with Crippen LogP contribution in [-0.2, 0) is 24.9 Å². The van der Waals surface area contributed by atoms with Crippen LogP contribution in [0, 0.1) is 0 Å². The quantitative estimate of drug-likeness (QED) is 0.198. The number of rotatable bonds is 12. The normalized spacial score (nSPS) is 16.7. The predicted molar refractivity (Wildman–Crippen MR) is 106 cm³/mol. The number of unbranched alkanes of at least 4 members (excludes halogenated alkanes) is 5. The Labute approximate surface area is 155 Å². The molecule has 0 saturated carbocycles. The fraction of sp³-hybridized carbons (Fsp3) is 0.800. The van der Waals surface area contributed by atoms with Gasteiger partial charge in [0.1, 0.15) is 0 Å². The van der Waals surface area contributed by atoms with Crippen LogP contribution in [-0.4, -0.2) is 22.8 Å². The maximum atomic E-state index is 5.54. The van der Waals surface area contributed by atoms with Crippen LogP contribution in [0.25, 0.3) is 0 Å². The summed E-state index contributed by atoms with van der Waals surface area (Å²) >= 11 is -1.54. The Kier molecular flexibility index (Phi) is 9.73. The summed E-state index contributed by atoms with van der Waals surface area (Å²) in [6.07, 6.45) is 13.1. The van der Waals surface area contributed by atoms with Crippen molar-refractivity contribution in [2.24, 2.45) is 0 Å². The van der Waals surface area contributed by atoms with Crippen molar-refractivity contribution in [3.8, 4) is 0 Å². The van der Waals surface area contributed by atoms with E-state index in [1.807, 2.05) is 3.96 Å². The molecule has 0 bridgehead atoms. The molecular weight excluding hydrogens is 495 g/mol. The van der Waals surface area contributed by atoms with Crippen molar-refractivity contribution in [2.75, 3.05) is 14.2 Å². The van der Waals surface area contributed by atoms with Gasteiger partial charge in [0.25, 0.3) is 0 Å². The van der Waals surface area contributed by atoms with Gasteiger partial charge < -0.3 is 8.85 Å². The Balaban J connectivity index is 2.13. The largest absolute Gasteiger partial charge is 0.398 e. The van der Waals surface area contributed by atoms with Gasteiger partial charge in [0, 0.05) is 14.2 Å². The molecule has 0 aromatic carbocycles. The first-order valence-electron chi connectivity index (χ1n) is 9.09. The van der Waals surface area contributed by atoms with E-state index in [0.717, 1.165) is 6.04 Å². The first-order chi connectivity index (χ1) is 11.2. The van der Waals surface area contributed by atoms with Gasteiger partial charge in [0.05, 0.1) is 0 Å². The van der Waals surface area contributed by atoms with Crippen molar-refractivity contribution >= 4 is 8.56 Å². The van der Waals surface area contributed by atoms with Crippen LogP contribution in [0.2, 0.25) is 28.5 Å². The zero-order valence-corrected chi connectivity index (χ0v) is 20.3. The summed E-state index contributed by atoms with van der Waals surface area (Å²) in [6.45, 7) is 4.53. The smallest absolute Gasteiger partial charge is 0.0249 e. The van der Waals surface area contributed by atoms with Gasteiger partial charge in [-0.15, -0.1) is 0 Å². The van der Waals surface area contributed by atoms with Gasteiger partial charge >= 0.3 is 126 Å². The molecule has 2 nitrogen and oxygen atoms in total. The maximum Gasteiger partial charge on any atom is 0.0249 e. The average Bonchev–Trinajstić information content (AvgIpc) is 2.90. The Morgan fingerprint density at radius 1 is 0.958 bits per heavy atom. The third-order valence-electron chi connectivity index (χ3n) is 5.14. The maximum absolute atomic E-state index is 5.54. The fourth-order valence-corrected chi connectivity index (χ4v) is 9.28. The summed E-state index contributed by atoms with van der Waals surface area (Å²) in [7, 11) is 1.75. The van der Waals surface area contributed by atoms with Gasteiger partial charge in [-0.1, -0.05) is 0 Å². The summed E-state index contributed by atoms with van der Waals surface area (Å²) in [5.74, 6) is 0. The molecule has 0 amide bonds. The summed E-state index contributed by atoms with van der Waals surface area (Å²) in [6, 6.07) is 1.12. The average molecular weight is 536 g/mol. The minimum Gasteiger partial charge on any atom is -0.398 e. The second-order valence-corrected chi connectivity index (χ2v) is 22.7. The molecule has 0 heterocycles. The first kappa shape index (κ1) is 22.3. The Morgan fingerprint density at radius 3 is 2.00 bits per heavy atom. The van der Waals surface area contributed by atoms with E-state index in [9.17, 15) is 0 Å². The van der Waals surface area contributed by atoms with Gasteiger partial charge in [0.15, 0.2) is 0 Å². The predicted octanol–water partition coefficient (Wildman–Crippen LogP) is 6.98. The van der Waals surface area contributed by atoms with Crippen LogP contribution in [0.15, 0.2) is 21.2 Å². The second kappa shape index (κ2) is 10.5. The number of allylic oxidation sites excluding steroid dienone is 4. The van der Waals surface area contributed by atoms with E-state index < -0.39 is 24.6 Å². The summed E-state index contributed by atoms with van der Waals surface area (Å²) in [5.41, 5.74) is 3.31. The van der Waals surface area contributed by atoms with Gasteiger partial charge in [-0.05, 0) is 6.55 Å². The zero-order valence-electron chi connectivity index (χ0n) is 17.1. The molecule has 0 fully saturated rings. The molecule has 0 unspecified atom stereocenters. The van der Waals surface area contributed by atoms with Crippen LogP contribution in [0.3, 0.4) is 0 Å². The molecule has 4 heteroatoms. The summed E-state index contributed by atoms with van der Waals surface area (Å²) in [5, 5.41) is 7.55. The van der Waals surface area contributed by atoms with Crippen molar-refractivity contribution < 1.29 is 24.9 Å². The minimum absolute atomic E-state index is 1.12. The minimum atomic E-state index is -1.83. The van der Waals surface area contributed by atoms with E-state index in [2.05, 4.69) is 35.5 Å². The second-order valence-electron chi connectivity index (χ2n) is 7.51. The summed E-state index contributed by atoms with van der Waals surface area (Å²) < 4.78 is 12.9. The van der Waals surface area contributed by atoms with Crippen molar-refractivity contribution in [3.05, 3.63) is 21.2 Å². The molecule has 0 saturated heterocycles. The number of hydrogen-bond acceptors (Lipinski definition) is 2. The van der Waals surface area contributed by atoms with Crippen molar-refractivity contribution in [1.82, 2.24) is 0 Å². The molecule has 0 N–H and O–H groups in total. The van der Waals surface area contributed by atoms with Crippen LogP contribution < -0.4 is 0 Å². The molecule has 1 aliphatic carbocycles. The molecular formula is C20H40O2PtSi. The Morgan fingerprint density at radius 2 is 1.50 bits per heavy atom. The Hall–Kier alpha value is 0.305. The molecule has 0 aromatic heterocycles. The van der Waals surface area contributed by atoms with E-state index in [1.165, 1.54) is 51.4 Å². The topological polar surface area (TPSA) is 18.5 Å². The number of hydrogen-bond donors (Lipinski definition) is 0. The third kappa shape index (κ3) is 7.28. The van der Waals surface area contributed by atoms with Crippen molar-refractivity contribution in [2.45, 2.75) is 86.8 Å². The summed E-state index contributed by atoms with van der Waals surface area (Å²) in [4.78, 5) is 0. The monoisotopic (exact) mass is 535 g/mol. The van der Waals surface area contributed by atoms with E-state index in [-0.39, 0.29) is 0 Å². The first-order valence-corrected chi connectivity index (χ1v) is 19.6. The van der Waals surface area contributed by atoms with E-state index in [1.54, 1.807) is 25.4 Å². The van der Waals surface area contributed by atoms with Crippen molar-refractivity contribution in [1.29, 1.82) is 0 Å². The SMILES string of the molecule is CO[Si](C)(CCCCCCCCC1=CC[C]([Pt]([CH3])([CH3])[CH3])=C1C)OC. The van der Waals surface area contributed by atoms with Gasteiger partial charge in [-0.3, -0.25) is 0 Å². The van der Waals surface area contributed by atoms with E-state index >= 15 is 0 Å². The van der Waals surface area contributed by atoms with Crippen LogP contribution in [0.1, 0.15) is 58.3 Å². The van der Waals surface area contributed by atoms with Gasteiger partial charge in [0.2, 0.25) is 0 Å². The van der Waals surface area contributed by atoms with Crippen LogP contribution in [0.5, 0.6) is 0 Å². The molecule has 1 rings (SSSR count). The molecule has 0 aliphatic heterocycles. The molecule has 1 aliphatic rings. The zero-order chi connectivity index (χ0) is 18.2. The standard InChI is InChI=1S/C17H31O2Si.3CH3.Pt/c1-16-12-11-14-17(16)13-9-7-5-6-8-10-15-20(4,18-2)19-3;;;;/h14H,5-11,13,15H2,1-4H3;3*1H3;. The van der Waals surface area contributed by atoms with Crippen LogP contribution >= 0.6 is 0 Å². The molecule has 0 aromatic rings. The molecule has 0 spiro atoms. The van der Waals surface area contributed by atoms with Crippen LogP contribution in [0.4, 0.5) is 0 Å². The molecule has 146 valence electrons. The van der Waals surface area contributed by atoms with Crippen molar-refractivity contribution in [3.63, 3.8) is 0 Å².